The molecule has 0 aliphatic carbocycles. The van der Waals surface area contributed by atoms with E-state index in [0.29, 0.717) is 11.1 Å². The molecular weight excluding hydrogens is 463 g/mol. The lowest BCUT2D eigenvalue weighted by Gasteiger charge is -2.42. The standard InChI is InChI=1S/C23H29N2O4PS2/c1-15(2)23(16(3)4,30(27,28)29)18-7-5-17(6-8-18)21(26)24-22-11-9-20-19(10-13-31-20)25(22)12-14-32-22/h5-11,13,15-16H,12,14H2,1-4H3,(H,24,26)(H2,27,28,29). The smallest absolute Gasteiger partial charge is 0.335 e. The normalized spacial score (nSPS) is 20.6. The molecule has 1 unspecified atom stereocenters. The van der Waals surface area contributed by atoms with Crippen molar-refractivity contribution in [2.24, 2.45) is 11.8 Å². The number of thiophene rings is 1. The minimum Gasteiger partial charge on any atom is -0.335 e. The van der Waals surface area contributed by atoms with Crippen LogP contribution < -0.4 is 10.2 Å². The average molecular weight is 493 g/mol. The Labute approximate surface area is 197 Å². The Balaban J connectivity index is 1.62. The van der Waals surface area contributed by atoms with Crippen LogP contribution in [0.3, 0.4) is 0 Å². The second-order valence-electron chi connectivity index (χ2n) is 8.91. The van der Waals surface area contributed by atoms with Gasteiger partial charge in [-0.1, -0.05) is 39.8 Å². The van der Waals surface area contributed by atoms with Gasteiger partial charge in [0.15, 0.2) is 4.99 Å². The molecule has 6 nitrogen and oxygen atoms in total. The van der Waals surface area contributed by atoms with E-state index >= 15 is 0 Å². The predicted octanol–water partition coefficient (Wildman–Crippen LogP) is 5.10. The Kier molecular flexibility index (Phi) is 6.14. The molecule has 2 aliphatic heterocycles. The zero-order chi connectivity index (χ0) is 23.3. The first kappa shape index (κ1) is 23.6. The number of thioether (sulfide) groups is 1. The van der Waals surface area contributed by atoms with Crippen molar-refractivity contribution >= 4 is 48.4 Å². The molecule has 0 spiro atoms. The fourth-order valence-corrected chi connectivity index (χ4v) is 9.15. The van der Waals surface area contributed by atoms with E-state index in [-0.39, 0.29) is 17.7 Å². The van der Waals surface area contributed by atoms with Gasteiger partial charge in [0.05, 0.1) is 10.6 Å². The van der Waals surface area contributed by atoms with Crippen LogP contribution in [-0.4, -0.2) is 33.0 Å². The highest BCUT2D eigenvalue weighted by atomic mass is 32.2. The maximum absolute atomic E-state index is 13.2. The number of carbonyl (C=O) groups is 1. The Morgan fingerprint density at radius 3 is 2.41 bits per heavy atom. The van der Waals surface area contributed by atoms with Crippen LogP contribution in [0.4, 0.5) is 5.69 Å². The van der Waals surface area contributed by atoms with Crippen molar-refractivity contribution in [3.8, 4) is 0 Å². The summed E-state index contributed by atoms with van der Waals surface area (Å²) in [5, 5.41) is 3.95. The molecule has 9 heteroatoms. The summed E-state index contributed by atoms with van der Waals surface area (Å²) in [5.74, 6) is 0.136. The summed E-state index contributed by atoms with van der Waals surface area (Å²) in [4.78, 5) is 36.6. The largest absolute Gasteiger partial charge is 0.336 e. The number of rotatable bonds is 6. The quantitative estimate of drug-likeness (QED) is 0.487. The lowest BCUT2D eigenvalue weighted by atomic mass is 9.78. The van der Waals surface area contributed by atoms with Crippen molar-refractivity contribution in [3.63, 3.8) is 0 Å². The van der Waals surface area contributed by atoms with Gasteiger partial charge in [-0.05, 0) is 53.1 Å². The van der Waals surface area contributed by atoms with E-state index in [0.717, 1.165) is 18.0 Å². The van der Waals surface area contributed by atoms with Crippen LogP contribution in [0, 0.1) is 11.8 Å². The summed E-state index contributed by atoms with van der Waals surface area (Å²) in [6, 6.07) is 8.81. The van der Waals surface area contributed by atoms with Gasteiger partial charge in [-0.2, -0.15) is 0 Å². The highest BCUT2D eigenvalue weighted by Gasteiger charge is 2.53. The lowest BCUT2D eigenvalue weighted by Crippen LogP contribution is -2.55. The summed E-state index contributed by atoms with van der Waals surface area (Å²) in [6.07, 6.45) is 4.12. The van der Waals surface area contributed by atoms with Crippen molar-refractivity contribution in [1.82, 2.24) is 5.32 Å². The third kappa shape index (κ3) is 3.57. The van der Waals surface area contributed by atoms with E-state index in [2.05, 4.69) is 27.7 Å². The lowest BCUT2D eigenvalue weighted by molar-refractivity contribution is 0.0938. The molecule has 32 heavy (non-hydrogen) atoms. The molecule has 172 valence electrons. The SMILES string of the molecule is CC(C)C(c1ccc(C(=O)NC23C=Cc4sccc4N2CCS3)cc1)(C(C)C)P(=O)(O)O. The summed E-state index contributed by atoms with van der Waals surface area (Å²) in [7, 11) is -4.47. The van der Waals surface area contributed by atoms with Crippen LogP contribution in [0.2, 0.25) is 0 Å². The minimum atomic E-state index is -4.47. The fourth-order valence-electron chi connectivity index (χ4n) is 5.27. The molecule has 0 radical (unpaired) electrons. The van der Waals surface area contributed by atoms with Crippen molar-refractivity contribution < 1.29 is 19.1 Å². The van der Waals surface area contributed by atoms with Crippen molar-refractivity contribution in [2.45, 2.75) is 37.8 Å². The van der Waals surface area contributed by atoms with Crippen molar-refractivity contribution in [2.75, 3.05) is 17.2 Å². The monoisotopic (exact) mass is 492 g/mol. The molecule has 1 atom stereocenters. The van der Waals surface area contributed by atoms with Gasteiger partial charge < -0.3 is 20.0 Å². The molecular formula is C23H29N2O4PS2. The Hall–Kier alpha value is -1.57. The third-order valence-electron chi connectivity index (χ3n) is 6.61. The number of hydrogen-bond donors (Lipinski definition) is 3. The molecule has 1 saturated heterocycles. The van der Waals surface area contributed by atoms with E-state index in [1.54, 1.807) is 47.4 Å². The number of nitrogens with zero attached hydrogens (tertiary/aromatic N) is 1. The molecule has 3 heterocycles. The molecule has 3 N–H and O–H groups in total. The number of hydrogen-bond acceptors (Lipinski definition) is 5. The van der Waals surface area contributed by atoms with Crippen LogP contribution in [0.1, 0.15) is 48.5 Å². The predicted molar refractivity (Wildman–Crippen MR) is 133 cm³/mol. The summed E-state index contributed by atoms with van der Waals surface area (Å²) in [6.45, 7) is 8.18. The second-order valence-corrected chi connectivity index (χ2v) is 13.0. The van der Waals surface area contributed by atoms with E-state index in [1.165, 1.54) is 4.88 Å². The zero-order valence-corrected chi connectivity index (χ0v) is 21.1. The van der Waals surface area contributed by atoms with Gasteiger partial charge in [0.25, 0.3) is 5.91 Å². The maximum Gasteiger partial charge on any atom is 0.336 e. The van der Waals surface area contributed by atoms with Crippen LogP contribution in [0.15, 0.2) is 41.8 Å². The Morgan fingerprint density at radius 2 is 1.81 bits per heavy atom. The number of nitrogens with one attached hydrogen (secondary N) is 1. The Morgan fingerprint density at radius 1 is 1.16 bits per heavy atom. The first-order chi connectivity index (χ1) is 15.0. The van der Waals surface area contributed by atoms with Crippen LogP contribution in [-0.2, 0) is 9.72 Å². The molecule has 1 aromatic heterocycles. The van der Waals surface area contributed by atoms with E-state index in [1.807, 2.05) is 33.8 Å². The molecule has 0 bridgehead atoms. The topological polar surface area (TPSA) is 89.9 Å². The molecule has 2 aromatic rings. The molecule has 4 rings (SSSR count). The van der Waals surface area contributed by atoms with Gasteiger partial charge in [0.1, 0.15) is 5.16 Å². The fraction of sp³-hybridized carbons (Fsp3) is 0.435. The van der Waals surface area contributed by atoms with Crippen LogP contribution >= 0.6 is 30.7 Å². The number of anilines is 1. The molecule has 1 aromatic carbocycles. The number of fused-ring (bicyclic) bond motifs is 3. The highest BCUT2D eigenvalue weighted by molar-refractivity contribution is 8.01. The van der Waals surface area contributed by atoms with E-state index < -0.39 is 17.7 Å². The van der Waals surface area contributed by atoms with Crippen LogP contribution in [0.5, 0.6) is 0 Å². The summed E-state index contributed by atoms with van der Waals surface area (Å²) < 4.78 is 12.6. The minimum absolute atomic E-state index is 0.213. The third-order valence-corrected chi connectivity index (χ3v) is 11.0. The van der Waals surface area contributed by atoms with Crippen LogP contribution in [0.25, 0.3) is 6.08 Å². The van der Waals surface area contributed by atoms with E-state index in [9.17, 15) is 19.1 Å². The van der Waals surface area contributed by atoms with Gasteiger partial charge in [-0.15, -0.1) is 23.1 Å². The summed E-state index contributed by atoms with van der Waals surface area (Å²) in [5.41, 5.74) is 2.16. The molecule has 2 aliphatic rings. The average Bonchev–Trinajstić information content (AvgIpc) is 3.33. The number of amides is 1. The van der Waals surface area contributed by atoms with E-state index in [4.69, 9.17) is 0 Å². The first-order valence-electron chi connectivity index (χ1n) is 10.7. The van der Waals surface area contributed by atoms with Gasteiger partial charge in [-0.25, -0.2) is 0 Å². The molecule has 0 saturated carbocycles. The first-order valence-corrected chi connectivity index (χ1v) is 14.2. The van der Waals surface area contributed by atoms with Gasteiger partial charge >= 0.3 is 7.60 Å². The molecule has 1 amide bonds. The molecule has 1 fully saturated rings. The van der Waals surface area contributed by atoms with Crippen molar-refractivity contribution in [3.05, 3.63) is 57.8 Å². The van der Waals surface area contributed by atoms with Gasteiger partial charge in [-0.3, -0.25) is 9.36 Å². The summed E-state index contributed by atoms with van der Waals surface area (Å²) >= 11 is 3.38. The Bertz CT molecular complexity index is 1080. The number of carbonyl (C=O) groups excluding carboxylic acids is 1. The van der Waals surface area contributed by atoms with Crippen molar-refractivity contribution in [1.29, 1.82) is 0 Å². The zero-order valence-electron chi connectivity index (χ0n) is 18.6. The van der Waals surface area contributed by atoms with Gasteiger partial charge in [0.2, 0.25) is 0 Å². The maximum atomic E-state index is 13.2. The van der Waals surface area contributed by atoms with Gasteiger partial charge in [0, 0.05) is 17.9 Å². The highest BCUT2D eigenvalue weighted by Crippen LogP contribution is 2.64. The second kappa shape index (κ2) is 8.33. The number of benzene rings is 1.